The van der Waals surface area contributed by atoms with E-state index < -0.39 is 0 Å². The molecule has 0 saturated heterocycles. The molecule has 0 radical (unpaired) electrons. The van der Waals surface area contributed by atoms with E-state index in [4.69, 9.17) is 4.42 Å². The minimum Gasteiger partial charge on any atom is -0.451 e. The average molecular weight is 309 g/mol. The molecule has 0 spiro atoms. The quantitative estimate of drug-likeness (QED) is 0.766. The number of hydrogen-bond acceptors (Lipinski definition) is 2. The van der Waals surface area contributed by atoms with Gasteiger partial charge < -0.3 is 9.73 Å². The Hall–Kier alpha value is -2.88. The van der Waals surface area contributed by atoms with E-state index in [0.717, 1.165) is 11.1 Å². The number of nitrogens with one attached hydrogen (secondary N) is 1. The predicted molar refractivity (Wildman–Crippen MR) is 86.4 cm³/mol. The van der Waals surface area contributed by atoms with Gasteiger partial charge in [-0.25, -0.2) is 4.39 Å². The van der Waals surface area contributed by atoms with Crippen LogP contribution in [0, 0.1) is 5.82 Å². The van der Waals surface area contributed by atoms with Crippen molar-refractivity contribution in [2.75, 3.05) is 0 Å². The normalized spacial score (nSPS) is 11.9. The molecule has 4 heteroatoms. The maximum Gasteiger partial charge on any atom is 0.287 e. The Kier molecular flexibility index (Phi) is 4.24. The molecular weight excluding hydrogens is 293 g/mol. The molecule has 1 N–H and O–H groups in total. The van der Waals surface area contributed by atoms with Gasteiger partial charge in [-0.05, 0) is 48.9 Å². The van der Waals surface area contributed by atoms with E-state index in [2.05, 4.69) is 5.32 Å². The summed E-state index contributed by atoms with van der Waals surface area (Å²) in [5.74, 6) is 0.166. The molecule has 0 aliphatic carbocycles. The molecule has 0 aliphatic heterocycles. The highest BCUT2D eigenvalue weighted by atomic mass is 19.1. The second kappa shape index (κ2) is 6.48. The van der Waals surface area contributed by atoms with Crippen LogP contribution in [0.1, 0.15) is 29.1 Å². The minimum absolute atomic E-state index is 0.122. The Balaban J connectivity index is 1.72. The Morgan fingerprint density at radius 3 is 2.39 bits per heavy atom. The standard InChI is InChI=1S/C19H16FNO2/c1-13(14-5-3-2-4-6-14)21-19(22)18-12-11-17(23-18)15-7-9-16(20)10-8-15/h2-13H,1H3,(H,21,22)/t13-/m1/s1. The van der Waals surface area contributed by atoms with Crippen LogP contribution in [0.5, 0.6) is 0 Å². The number of amides is 1. The van der Waals surface area contributed by atoms with Crippen LogP contribution in [0.4, 0.5) is 4.39 Å². The number of carbonyl (C=O) groups is 1. The van der Waals surface area contributed by atoms with E-state index in [1.165, 1.54) is 12.1 Å². The van der Waals surface area contributed by atoms with Gasteiger partial charge in [-0.15, -0.1) is 0 Å². The molecule has 3 nitrogen and oxygen atoms in total. The molecule has 116 valence electrons. The SMILES string of the molecule is C[C@@H](NC(=O)c1ccc(-c2ccc(F)cc2)o1)c1ccccc1. The summed E-state index contributed by atoms with van der Waals surface area (Å²) in [6, 6.07) is 18.8. The molecule has 0 saturated carbocycles. The molecule has 1 amide bonds. The summed E-state index contributed by atoms with van der Waals surface area (Å²) in [5.41, 5.74) is 1.74. The van der Waals surface area contributed by atoms with Gasteiger partial charge in [0.05, 0.1) is 6.04 Å². The Morgan fingerprint density at radius 1 is 1.00 bits per heavy atom. The molecular formula is C19H16FNO2. The van der Waals surface area contributed by atoms with Crippen molar-refractivity contribution in [3.8, 4) is 11.3 Å². The third kappa shape index (κ3) is 3.48. The highest BCUT2D eigenvalue weighted by Crippen LogP contribution is 2.23. The number of carbonyl (C=O) groups excluding carboxylic acids is 1. The lowest BCUT2D eigenvalue weighted by Gasteiger charge is -2.13. The fraction of sp³-hybridized carbons (Fsp3) is 0.105. The largest absolute Gasteiger partial charge is 0.451 e. The number of furan rings is 1. The van der Waals surface area contributed by atoms with Crippen LogP contribution in [-0.2, 0) is 0 Å². The third-order valence-electron chi connectivity index (χ3n) is 3.61. The van der Waals surface area contributed by atoms with Gasteiger partial charge in [0, 0.05) is 5.56 Å². The van der Waals surface area contributed by atoms with E-state index in [9.17, 15) is 9.18 Å². The highest BCUT2D eigenvalue weighted by molar-refractivity contribution is 5.92. The van der Waals surface area contributed by atoms with E-state index >= 15 is 0 Å². The third-order valence-corrected chi connectivity index (χ3v) is 3.61. The fourth-order valence-corrected chi connectivity index (χ4v) is 2.32. The molecule has 0 aliphatic rings. The van der Waals surface area contributed by atoms with Crippen LogP contribution in [-0.4, -0.2) is 5.91 Å². The van der Waals surface area contributed by atoms with Crippen molar-refractivity contribution in [3.63, 3.8) is 0 Å². The summed E-state index contributed by atoms with van der Waals surface area (Å²) in [4.78, 5) is 12.3. The van der Waals surface area contributed by atoms with Crippen molar-refractivity contribution in [1.29, 1.82) is 0 Å². The van der Waals surface area contributed by atoms with Crippen LogP contribution in [0.25, 0.3) is 11.3 Å². The van der Waals surface area contributed by atoms with Crippen LogP contribution >= 0.6 is 0 Å². The van der Waals surface area contributed by atoms with Crippen molar-refractivity contribution < 1.29 is 13.6 Å². The number of benzene rings is 2. The maximum absolute atomic E-state index is 12.9. The first kappa shape index (κ1) is 15.0. The zero-order chi connectivity index (χ0) is 16.2. The molecule has 3 aromatic rings. The van der Waals surface area contributed by atoms with Gasteiger partial charge in [-0.2, -0.15) is 0 Å². The zero-order valence-corrected chi connectivity index (χ0v) is 12.6. The van der Waals surface area contributed by atoms with Gasteiger partial charge in [0.2, 0.25) is 0 Å². The smallest absolute Gasteiger partial charge is 0.287 e. The summed E-state index contributed by atoms with van der Waals surface area (Å²) in [6.45, 7) is 1.91. The lowest BCUT2D eigenvalue weighted by atomic mass is 10.1. The summed E-state index contributed by atoms with van der Waals surface area (Å²) in [6.07, 6.45) is 0. The lowest BCUT2D eigenvalue weighted by molar-refractivity contribution is 0.0912. The molecule has 0 unspecified atom stereocenters. The van der Waals surface area contributed by atoms with Crippen LogP contribution in [0.2, 0.25) is 0 Å². The fourth-order valence-electron chi connectivity index (χ4n) is 2.32. The van der Waals surface area contributed by atoms with Crippen LogP contribution in [0.15, 0.2) is 71.1 Å². The van der Waals surface area contributed by atoms with Crippen LogP contribution < -0.4 is 5.32 Å². The van der Waals surface area contributed by atoms with Crippen molar-refractivity contribution in [3.05, 3.63) is 83.9 Å². The van der Waals surface area contributed by atoms with E-state index in [-0.39, 0.29) is 23.5 Å². The van der Waals surface area contributed by atoms with Gasteiger partial charge >= 0.3 is 0 Å². The first-order valence-electron chi connectivity index (χ1n) is 7.35. The number of rotatable bonds is 4. The van der Waals surface area contributed by atoms with Crippen molar-refractivity contribution in [1.82, 2.24) is 5.32 Å². The second-order valence-corrected chi connectivity index (χ2v) is 5.28. The number of halogens is 1. The van der Waals surface area contributed by atoms with E-state index in [1.54, 1.807) is 24.3 Å². The predicted octanol–water partition coefficient (Wildman–Crippen LogP) is 4.58. The molecule has 1 heterocycles. The van der Waals surface area contributed by atoms with Crippen molar-refractivity contribution in [2.45, 2.75) is 13.0 Å². The first-order chi connectivity index (χ1) is 11.1. The molecule has 0 bridgehead atoms. The van der Waals surface area contributed by atoms with Gasteiger partial charge in [0.25, 0.3) is 5.91 Å². The maximum atomic E-state index is 12.9. The second-order valence-electron chi connectivity index (χ2n) is 5.28. The zero-order valence-electron chi connectivity index (χ0n) is 12.6. The molecule has 3 rings (SSSR count). The van der Waals surface area contributed by atoms with Crippen LogP contribution in [0.3, 0.4) is 0 Å². The van der Waals surface area contributed by atoms with E-state index in [1.807, 2.05) is 37.3 Å². The van der Waals surface area contributed by atoms with Crippen molar-refractivity contribution >= 4 is 5.91 Å². The van der Waals surface area contributed by atoms with Gasteiger partial charge in [0.15, 0.2) is 5.76 Å². The minimum atomic E-state index is -0.310. The molecule has 1 aromatic heterocycles. The highest BCUT2D eigenvalue weighted by Gasteiger charge is 2.15. The Labute approximate surface area is 133 Å². The summed E-state index contributed by atoms with van der Waals surface area (Å²) >= 11 is 0. The summed E-state index contributed by atoms with van der Waals surface area (Å²) < 4.78 is 18.5. The molecule has 0 fully saturated rings. The summed E-state index contributed by atoms with van der Waals surface area (Å²) in [7, 11) is 0. The molecule has 2 aromatic carbocycles. The Morgan fingerprint density at radius 2 is 1.70 bits per heavy atom. The van der Waals surface area contributed by atoms with Gasteiger partial charge in [-0.3, -0.25) is 4.79 Å². The Bertz CT molecular complexity index is 794. The van der Waals surface area contributed by atoms with Crippen molar-refractivity contribution in [2.24, 2.45) is 0 Å². The lowest BCUT2D eigenvalue weighted by Crippen LogP contribution is -2.26. The molecule has 23 heavy (non-hydrogen) atoms. The van der Waals surface area contributed by atoms with Gasteiger partial charge in [-0.1, -0.05) is 30.3 Å². The first-order valence-corrected chi connectivity index (χ1v) is 7.35. The average Bonchev–Trinajstić information content (AvgIpc) is 3.06. The topological polar surface area (TPSA) is 42.2 Å². The molecule has 1 atom stereocenters. The summed E-state index contributed by atoms with van der Waals surface area (Å²) in [5, 5.41) is 2.89. The monoisotopic (exact) mass is 309 g/mol. The number of hydrogen-bond donors (Lipinski definition) is 1. The van der Waals surface area contributed by atoms with Gasteiger partial charge in [0.1, 0.15) is 11.6 Å². The van der Waals surface area contributed by atoms with E-state index in [0.29, 0.717) is 5.76 Å².